The van der Waals surface area contributed by atoms with Crippen molar-refractivity contribution in [2.24, 2.45) is 10.2 Å². The van der Waals surface area contributed by atoms with Crippen molar-refractivity contribution in [1.82, 2.24) is 10.6 Å². The van der Waals surface area contributed by atoms with Crippen LogP contribution in [-0.4, -0.2) is 36.8 Å². The standard InChI is InChI=1S/C17H20N4O2/c1-2-3-9-17(20-21-17)10-11-19-15(22)16(12-18-13-16)23-14-7-5-4-6-8-14/h1,4-8,18H,3,9-13H2,(H,19,22). The van der Waals surface area contributed by atoms with E-state index in [0.717, 1.165) is 6.42 Å². The molecule has 23 heavy (non-hydrogen) atoms. The highest BCUT2D eigenvalue weighted by atomic mass is 16.5. The van der Waals surface area contributed by atoms with Crippen molar-refractivity contribution >= 4 is 5.91 Å². The zero-order valence-corrected chi connectivity index (χ0v) is 12.9. The number of nitrogens with zero attached hydrogens (tertiary/aromatic N) is 2. The molecule has 0 radical (unpaired) electrons. The number of terminal acetylenes is 1. The van der Waals surface area contributed by atoms with Gasteiger partial charge in [0.25, 0.3) is 5.91 Å². The van der Waals surface area contributed by atoms with Gasteiger partial charge in [0.2, 0.25) is 5.60 Å². The Hall–Kier alpha value is -2.39. The topological polar surface area (TPSA) is 75.1 Å². The fourth-order valence-corrected chi connectivity index (χ4v) is 2.55. The van der Waals surface area contributed by atoms with Crippen LogP contribution in [-0.2, 0) is 4.79 Å². The zero-order valence-electron chi connectivity index (χ0n) is 12.9. The number of amides is 1. The minimum Gasteiger partial charge on any atom is -0.475 e. The molecular formula is C17H20N4O2. The molecular weight excluding hydrogens is 292 g/mol. The summed E-state index contributed by atoms with van der Waals surface area (Å²) in [4.78, 5) is 12.5. The van der Waals surface area contributed by atoms with Crippen LogP contribution in [0.1, 0.15) is 19.3 Å². The summed E-state index contributed by atoms with van der Waals surface area (Å²) in [5.74, 6) is 3.19. The lowest BCUT2D eigenvalue weighted by atomic mass is 9.95. The van der Waals surface area contributed by atoms with E-state index in [0.29, 0.717) is 38.2 Å². The number of rotatable bonds is 8. The second-order valence-electron chi connectivity index (χ2n) is 5.91. The third kappa shape index (κ3) is 3.51. The summed E-state index contributed by atoms with van der Waals surface area (Å²) in [7, 11) is 0. The summed E-state index contributed by atoms with van der Waals surface area (Å²) in [5, 5.41) is 14.2. The summed E-state index contributed by atoms with van der Waals surface area (Å²) >= 11 is 0. The molecule has 2 heterocycles. The molecule has 2 aliphatic rings. The summed E-state index contributed by atoms with van der Waals surface area (Å²) in [6.07, 6.45) is 7.33. The molecule has 6 nitrogen and oxygen atoms in total. The van der Waals surface area contributed by atoms with E-state index in [1.165, 1.54) is 0 Å². The second-order valence-corrected chi connectivity index (χ2v) is 5.91. The fraction of sp³-hybridized carbons (Fsp3) is 0.471. The molecule has 1 fully saturated rings. The van der Waals surface area contributed by atoms with Gasteiger partial charge in [-0.15, -0.1) is 12.3 Å². The maximum Gasteiger partial charge on any atom is 0.266 e. The molecule has 6 heteroatoms. The predicted molar refractivity (Wildman–Crippen MR) is 86.0 cm³/mol. The molecule has 0 spiro atoms. The molecule has 1 saturated heterocycles. The number of hydrogen-bond donors (Lipinski definition) is 2. The van der Waals surface area contributed by atoms with Gasteiger partial charge in [-0.05, 0) is 12.1 Å². The Balaban J connectivity index is 1.50. The van der Waals surface area contributed by atoms with E-state index < -0.39 is 5.60 Å². The third-order valence-corrected chi connectivity index (χ3v) is 4.15. The first kappa shape index (κ1) is 15.5. The molecule has 0 unspecified atom stereocenters. The monoisotopic (exact) mass is 312 g/mol. The SMILES string of the molecule is C#CCCC1(CCNC(=O)C2(Oc3ccccc3)CNC2)N=N1. The van der Waals surface area contributed by atoms with Gasteiger partial charge in [-0.1, -0.05) is 18.2 Å². The molecule has 0 saturated carbocycles. The molecule has 2 N–H and O–H groups in total. The maximum absolute atomic E-state index is 12.5. The van der Waals surface area contributed by atoms with Gasteiger partial charge in [0.1, 0.15) is 5.75 Å². The Labute approximate surface area is 135 Å². The lowest BCUT2D eigenvalue weighted by Crippen LogP contribution is -2.70. The molecule has 1 aromatic carbocycles. The van der Waals surface area contributed by atoms with Gasteiger partial charge in [0, 0.05) is 38.9 Å². The first-order valence-corrected chi connectivity index (χ1v) is 7.79. The Kier molecular flexibility index (Phi) is 4.30. The van der Waals surface area contributed by atoms with E-state index >= 15 is 0 Å². The van der Waals surface area contributed by atoms with Gasteiger partial charge >= 0.3 is 0 Å². The number of carbonyl (C=O) groups is 1. The molecule has 0 aromatic heterocycles. The minimum absolute atomic E-state index is 0.104. The van der Waals surface area contributed by atoms with Crippen LogP contribution >= 0.6 is 0 Å². The van der Waals surface area contributed by atoms with E-state index in [1.54, 1.807) is 0 Å². The van der Waals surface area contributed by atoms with Gasteiger partial charge in [0.15, 0.2) is 5.66 Å². The van der Waals surface area contributed by atoms with Crippen molar-refractivity contribution in [3.63, 3.8) is 0 Å². The Morgan fingerprint density at radius 2 is 2.04 bits per heavy atom. The zero-order chi connectivity index (χ0) is 16.2. The van der Waals surface area contributed by atoms with Crippen molar-refractivity contribution in [2.45, 2.75) is 30.5 Å². The lowest BCUT2D eigenvalue weighted by Gasteiger charge is -2.40. The van der Waals surface area contributed by atoms with Crippen LogP contribution in [0.5, 0.6) is 5.75 Å². The highest BCUT2D eigenvalue weighted by molar-refractivity contribution is 5.87. The molecule has 0 bridgehead atoms. The van der Waals surface area contributed by atoms with Crippen molar-refractivity contribution in [3.05, 3.63) is 30.3 Å². The number of hydrogen-bond acceptors (Lipinski definition) is 5. The number of carbonyl (C=O) groups excluding carboxylic acids is 1. The Morgan fingerprint density at radius 1 is 1.30 bits per heavy atom. The normalized spacial score (nSPS) is 19.3. The quantitative estimate of drug-likeness (QED) is 0.714. The van der Waals surface area contributed by atoms with E-state index in [1.807, 2.05) is 30.3 Å². The van der Waals surface area contributed by atoms with Crippen LogP contribution in [0.25, 0.3) is 0 Å². The van der Waals surface area contributed by atoms with Crippen LogP contribution in [0.4, 0.5) is 0 Å². The molecule has 120 valence electrons. The molecule has 1 aromatic rings. The van der Waals surface area contributed by atoms with Gasteiger partial charge in [-0.2, -0.15) is 10.2 Å². The number of para-hydroxylation sites is 1. The van der Waals surface area contributed by atoms with Crippen LogP contribution in [0.2, 0.25) is 0 Å². The largest absolute Gasteiger partial charge is 0.475 e. The first-order valence-electron chi connectivity index (χ1n) is 7.79. The van der Waals surface area contributed by atoms with Crippen molar-refractivity contribution in [1.29, 1.82) is 0 Å². The van der Waals surface area contributed by atoms with Crippen molar-refractivity contribution in [2.75, 3.05) is 19.6 Å². The third-order valence-electron chi connectivity index (χ3n) is 4.15. The van der Waals surface area contributed by atoms with Crippen molar-refractivity contribution in [3.8, 4) is 18.1 Å². The van der Waals surface area contributed by atoms with E-state index in [9.17, 15) is 4.79 Å². The smallest absolute Gasteiger partial charge is 0.266 e. The summed E-state index contributed by atoms with van der Waals surface area (Å²) in [6, 6.07) is 9.39. The van der Waals surface area contributed by atoms with Crippen molar-refractivity contribution < 1.29 is 9.53 Å². The first-order chi connectivity index (χ1) is 11.2. The minimum atomic E-state index is -0.828. The molecule has 2 aliphatic heterocycles. The molecule has 1 amide bonds. The predicted octanol–water partition coefficient (Wildman–Crippen LogP) is 1.49. The molecule has 0 atom stereocenters. The van der Waals surface area contributed by atoms with E-state index in [4.69, 9.17) is 11.2 Å². The number of nitrogens with one attached hydrogen (secondary N) is 2. The Morgan fingerprint density at radius 3 is 2.61 bits per heavy atom. The number of ether oxygens (including phenoxy) is 1. The van der Waals surface area contributed by atoms with Crippen LogP contribution in [0.15, 0.2) is 40.6 Å². The van der Waals surface area contributed by atoms with Gasteiger partial charge in [-0.3, -0.25) is 4.79 Å². The lowest BCUT2D eigenvalue weighted by molar-refractivity contribution is -0.141. The van der Waals surface area contributed by atoms with Gasteiger partial charge in [0.05, 0.1) is 0 Å². The summed E-state index contributed by atoms with van der Waals surface area (Å²) < 4.78 is 5.91. The van der Waals surface area contributed by atoms with Crippen LogP contribution in [0, 0.1) is 12.3 Å². The molecule has 0 aliphatic carbocycles. The summed E-state index contributed by atoms with van der Waals surface area (Å²) in [6.45, 7) is 1.52. The molecule has 3 rings (SSSR count). The average molecular weight is 312 g/mol. The maximum atomic E-state index is 12.5. The van der Waals surface area contributed by atoms with Gasteiger partial charge < -0.3 is 15.4 Å². The van der Waals surface area contributed by atoms with E-state index in [2.05, 4.69) is 26.8 Å². The fourth-order valence-electron chi connectivity index (χ4n) is 2.55. The average Bonchev–Trinajstić information content (AvgIpc) is 3.30. The van der Waals surface area contributed by atoms with Gasteiger partial charge in [-0.25, -0.2) is 0 Å². The highest BCUT2D eigenvalue weighted by Gasteiger charge is 2.47. The second kappa shape index (κ2) is 6.39. The van der Waals surface area contributed by atoms with E-state index in [-0.39, 0.29) is 11.6 Å². The Bertz CT molecular complexity index is 626. The van der Waals surface area contributed by atoms with Crippen LogP contribution < -0.4 is 15.4 Å². The highest BCUT2D eigenvalue weighted by Crippen LogP contribution is 2.36. The number of benzene rings is 1. The van der Waals surface area contributed by atoms with Crippen LogP contribution in [0.3, 0.4) is 0 Å². The summed E-state index contributed by atoms with van der Waals surface area (Å²) in [5.41, 5.74) is -1.20.